The minimum Gasteiger partial charge on any atom is -0.287 e. The number of aromatic nitrogens is 1. The summed E-state index contributed by atoms with van der Waals surface area (Å²) in [5, 5.41) is 12.4. The van der Waals surface area contributed by atoms with Crippen LogP contribution in [0.25, 0.3) is 10.8 Å². The molecule has 0 unspecified atom stereocenters. The molecule has 0 saturated carbocycles. The van der Waals surface area contributed by atoms with E-state index in [0.717, 1.165) is 10.8 Å². The van der Waals surface area contributed by atoms with E-state index in [2.05, 4.69) is 0 Å². The molecule has 26 heteroatoms. The molecule has 0 atom stereocenters. The Kier molecular flexibility index (Phi) is 13.2. The lowest BCUT2D eigenvalue weighted by Crippen LogP contribution is -2.81. The molecule has 0 bridgehead atoms. The molecular formula is C41H13BF20N2O3. The van der Waals surface area contributed by atoms with E-state index < -0.39 is 149 Å². The number of pyridine rings is 1. The first kappa shape index (κ1) is 48.9. The van der Waals surface area contributed by atoms with E-state index in [9.17, 15) is 67.6 Å². The van der Waals surface area contributed by atoms with E-state index in [-0.39, 0.29) is 18.0 Å². The third-order valence-electron chi connectivity index (χ3n) is 10.2. The quantitative estimate of drug-likeness (QED) is 0.0224. The van der Waals surface area contributed by atoms with E-state index in [1.54, 1.807) is 35.0 Å². The van der Waals surface area contributed by atoms with Crippen LogP contribution in [0.2, 0.25) is 0 Å². The number of Topliss-reactive ketones (excluding diaryl/α,β-unsaturated/α-hetero) is 1. The maximum Gasteiger partial charge on any atom is 0.270 e. The molecule has 1 aromatic heterocycles. The Morgan fingerprint density at radius 2 is 0.746 bits per heavy atom. The fourth-order valence-corrected chi connectivity index (χ4v) is 7.19. The Balaban J connectivity index is 0.000000279. The summed E-state index contributed by atoms with van der Waals surface area (Å²) in [6, 6.07) is 15.6. The van der Waals surface area contributed by atoms with Crippen molar-refractivity contribution >= 4 is 50.2 Å². The van der Waals surface area contributed by atoms with Crippen LogP contribution in [0.4, 0.5) is 93.5 Å². The Morgan fingerprint density at radius 1 is 0.433 bits per heavy atom. The smallest absolute Gasteiger partial charge is 0.270 e. The van der Waals surface area contributed by atoms with Crippen LogP contribution in [0.1, 0.15) is 10.4 Å². The highest BCUT2D eigenvalue weighted by molar-refractivity contribution is 7.20. The summed E-state index contributed by atoms with van der Waals surface area (Å²) >= 11 is 0. The third kappa shape index (κ3) is 7.81. The van der Waals surface area contributed by atoms with Gasteiger partial charge in [-0.3, -0.25) is 14.9 Å². The highest BCUT2D eigenvalue weighted by Gasteiger charge is 2.52. The van der Waals surface area contributed by atoms with Gasteiger partial charge >= 0.3 is 0 Å². The van der Waals surface area contributed by atoms with Crippen molar-refractivity contribution < 1.29 is 102 Å². The molecule has 0 N–H and O–H groups in total. The molecule has 0 aliphatic heterocycles. The number of nitro benzene ring substituents is 1. The SMILES string of the molecule is Fc1c(F)c(F)c([B-](c2c(F)c(F)c(F)c(F)c2F)(c2c(F)c(F)c(F)c(F)c2F)c2c(F)c(F)c(F)c(F)c2F)c(F)c1F.O=C(C[n+]1ccc2cc([N+](=O)[O-])ccc2c1)c1ccccc1. The number of nitro groups is 1. The minimum atomic E-state index is -7.22. The number of carbonyl (C=O) groups is 1. The van der Waals surface area contributed by atoms with E-state index in [1.165, 1.54) is 12.1 Å². The second kappa shape index (κ2) is 18.0. The zero-order chi connectivity index (χ0) is 49.9. The number of hydrogen-bond acceptors (Lipinski definition) is 3. The van der Waals surface area contributed by atoms with E-state index in [4.69, 9.17) is 0 Å². The molecule has 0 fully saturated rings. The highest BCUT2D eigenvalue weighted by Crippen LogP contribution is 2.31. The molecule has 0 radical (unpaired) electrons. The first-order valence-corrected chi connectivity index (χ1v) is 17.7. The first-order chi connectivity index (χ1) is 31.3. The predicted octanol–water partition coefficient (Wildman–Crippen LogP) is 8.76. The molecule has 0 aliphatic rings. The molecular weight excluding hydrogens is 959 g/mol. The van der Waals surface area contributed by atoms with E-state index in [1.807, 2.05) is 24.4 Å². The number of hydrogen-bond donors (Lipinski definition) is 0. The second-order valence-electron chi connectivity index (χ2n) is 13.8. The summed E-state index contributed by atoms with van der Waals surface area (Å²) in [6.07, 6.45) is -3.64. The number of halogens is 20. The largest absolute Gasteiger partial charge is 0.287 e. The number of carbonyl (C=O) groups excluding carboxylic acids is 1. The molecule has 6 aromatic carbocycles. The van der Waals surface area contributed by atoms with Gasteiger partial charge in [0, 0.05) is 34.5 Å². The summed E-state index contributed by atoms with van der Waals surface area (Å²) in [6.45, 7) is 0.233. The summed E-state index contributed by atoms with van der Waals surface area (Å²) < 4.78 is 296. The van der Waals surface area contributed by atoms with Gasteiger partial charge in [0.25, 0.3) is 5.69 Å². The third-order valence-corrected chi connectivity index (χ3v) is 10.2. The lowest BCUT2D eigenvalue weighted by molar-refractivity contribution is -0.681. The Bertz CT molecular complexity index is 2850. The maximum absolute atomic E-state index is 15.4. The summed E-state index contributed by atoms with van der Waals surface area (Å²) in [5.74, 6) is -71.4. The molecule has 0 amide bonds. The Morgan fingerprint density at radius 3 is 1.06 bits per heavy atom. The average molecular weight is 972 g/mol. The fourth-order valence-electron chi connectivity index (χ4n) is 7.19. The average Bonchev–Trinajstić information content (AvgIpc) is 3.31. The molecule has 0 spiro atoms. The topological polar surface area (TPSA) is 64.1 Å². The number of fused-ring (bicyclic) bond motifs is 1. The van der Waals surface area contributed by atoms with Crippen LogP contribution in [0.5, 0.6) is 0 Å². The zero-order valence-electron chi connectivity index (χ0n) is 31.8. The molecule has 0 saturated heterocycles. The maximum atomic E-state index is 15.4. The molecule has 1 heterocycles. The van der Waals surface area contributed by atoms with Gasteiger partial charge in [0.15, 0.2) is 82.2 Å². The van der Waals surface area contributed by atoms with Crippen molar-refractivity contribution in [2.75, 3.05) is 0 Å². The molecule has 0 aliphatic carbocycles. The van der Waals surface area contributed by atoms with Crippen LogP contribution in [-0.2, 0) is 6.54 Å². The van der Waals surface area contributed by atoms with E-state index >= 15 is 35.1 Å². The lowest BCUT2D eigenvalue weighted by Gasteiger charge is -2.44. The van der Waals surface area contributed by atoms with Crippen molar-refractivity contribution in [3.8, 4) is 0 Å². The van der Waals surface area contributed by atoms with Crippen molar-refractivity contribution in [2.45, 2.75) is 6.54 Å². The monoisotopic (exact) mass is 972 g/mol. The van der Waals surface area contributed by atoms with Crippen molar-refractivity contribution in [1.82, 2.24) is 0 Å². The lowest BCUT2D eigenvalue weighted by atomic mass is 9.12. The van der Waals surface area contributed by atoms with Crippen LogP contribution < -0.4 is 26.4 Å². The van der Waals surface area contributed by atoms with Gasteiger partial charge in [-0.1, -0.05) is 30.3 Å². The van der Waals surface area contributed by atoms with Gasteiger partial charge < -0.3 is 0 Å². The predicted molar refractivity (Wildman–Crippen MR) is 191 cm³/mol. The van der Waals surface area contributed by atoms with Crippen molar-refractivity contribution in [3.05, 3.63) is 199 Å². The zero-order valence-corrected chi connectivity index (χ0v) is 31.8. The Hall–Kier alpha value is -7.54. The van der Waals surface area contributed by atoms with Crippen LogP contribution in [0, 0.1) is 126 Å². The van der Waals surface area contributed by atoms with Crippen LogP contribution in [0.3, 0.4) is 0 Å². The Labute approximate surface area is 357 Å². The van der Waals surface area contributed by atoms with Gasteiger partial charge in [0.2, 0.25) is 12.3 Å². The van der Waals surface area contributed by atoms with Crippen molar-refractivity contribution in [1.29, 1.82) is 0 Å². The normalized spacial score (nSPS) is 11.5. The van der Waals surface area contributed by atoms with Gasteiger partial charge in [0.1, 0.15) is 52.7 Å². The van der Waals surface area contributed by atoms with Gasteiger partial charge in [-0.15, -0.1) is 21.9 Å². The first-order valence-electron chi connectivity index (χ1n) is 17.7. The second-order valence-corrected chi connectivity index (χ2v) is 13.8. The van der Waals surface area contributed by atoms with Gasteiger partial charge in [-0.25, -0.2) is 87.8 Å². The number of benzene rings is 6. The van der Waals surface area contributed by atoms with Crippen LogP contribution in [-0.4, -0.2) is 16.9 Å². The van der Waals surface area contributed by atoms with Gasteiger partial charge in [-0.05, 0) is 6.07 Å². The number of rotatable bonds is 8. The summed E-state index contributed by atoms with van der Waals surface area (Å²) in [5.41, 5.74) is -13.6. The number of non-ortho nitro benzene ring substituents is 1. The molecule has 7 aromatic rings. The minimum absolute atomic E-state index is 0.0202. The van der Waals surface area contributed by atoms with Crippen LogP contribution >= 0.6 is 0 Å². The number of ketones is 1. The molecule has 7 rings (SSSR count). The van der Waals surface area contributed by atoms with E-state index in [0.29, 0.717) is 5.56 Å². The van der Waals surface area contributed by atoms with Crippen molar-refractivity contribution in [3.63, 3.8) is 0 Å². The molecule has 5 nitrogen and oxygen atoms in total. The fraction of sp³-hybridized carbons (Fsp3) is 0.0244. The van der Waals surface area contributed by atoms with Crippen LogP contribution in [0.15, 0.2) is 67.0 Å². The standard InChI is InChI=1S/C24BF20.C17H13N2O3/c26-5-1(6(27)14(35)21(42)13(5)34)25(2-7(28)15(36)22(43)16(37)8(2)29,3-9(30)17(38)23(44)18(39)10(3)31)4-11(32)19(40)24(45)20(41)12(4)33;20-17(13-4-2-1-3-5-13)12-18-9-8-14-10-16(19(21)22)7-6-15(14)11-18/h;1-11H,12H2/q-1;+1. The van der Waals surface area contributed by atoms with Gasteiger partial charge in [0.05, 0.1) is 4.92 Å². The summed E-state index contributed by atoms with van der Waals surface area (Å²) in [4.78, 5) is 22.5. The van der Waals surface area contributed by atoms with Crippen molar-refractivity contribution in [2.24, 2.45) is 0 Å². The molecule has 348 valence electrons. The highest BCUT2D eigenvalue weighted by atomic mass is 19.2. The summed E-state index contributed by atoms with van der Waals surface area (Å²) in [7, 11) is 0. The number of nitrogens with zero attached hydrogens (tertiary/aromatic N) is 2. The van der Waals surface area contributed by atoms with Gasteiger partial charge in [-0.2, -0.15) is 4.57 Å². The molecule has 67 heavy (non-hydrogen) atoms.